The van der Waals surface area contributed by atoms with E-state index in [9.17, 15) is 14.9 Å². The third-order valence-corrected chi connectivity index (χ3v) is 5.80. The molecule has 1 atom stereocenters. The molecule has 4 rings (SSSR count). The van der Waals surface area contributed by atoms with Gasteiger partial charge in [-0.25, -0.2) is 0 Å². The standard InChI is InChI=1S/C27H26N4O3/c1-30(2)21-13-11-20(12-14-21)24(25-18-28-26-9-4-3-8-23(25)26)17-29-27(32)15-10-19-6-5-7-22(16-19)31(33)34/h3-16,18,24,28H,17H2,1-2H3,(H,29,32)/b15-10+. The highest BCUT2D eigenvalue weighted by atomic mass is 16.6. The summed E-state index contributed by atoms with van der Waals surface area (Å²) in [7, 11) is 4.00. The lowest BCUT2D eigenvalue weighted by atomic mass is 9.90. The second-order valence-electron chi connectivity index (χ2n) is 8.26. The Balaban J connectivity index is 1.55. The molecule has 2 N–H and O–H groups in total. The zero-order valence-corrected chi connectivity index (χ0v) is 19.1. The summed E-state index contributed by atoms with van der Waals surface area (Å²) < 4.78 is 0. The largest absolute Gasteiger partial charge is 0.378 e. The summed E-state index contributed by atoms with van der Waals surface area (Å²) >= 11 is 0. The first-order valence-electron chi connectivity index (χ1n) is 11.0. The van der Waals surface area contributed by atoms with Gasteiger partial charge >= 0.3 is 0 Å². The predicted molar refractivity (Wildman–Crippen MR) is 136 cm³/mol. The first-order valence-corrected chi connectivity index (χ1v) is 11.0. The van der Waals surface area contributed by atoms with E-state index in [4.69, 9.17) is 0 Å². The molecule has 1 amide bonds. The molecule has 0 aliphatic heterocycles. The Morgan fingerprint density at radius 2 is 1.85 bits per heavy atom. The van der Waals surface area contributed by atoms with Gasteiger partial charge in [-0.3, -0.25) is 14.9 Å². The van der Waals surface area contributed by atoms with Gasteiger partial charge in [0.2, 0.25) is 5.91 Å². The summed E-state index contributed by atoms with van der Waals surface area (Å²) in [6.45, 7) is 0.404. The van der Waals surface area contributed by atoms with Gasteiger partial charge in [0.25, 0.3) is 5.69 Å². The van der Waals surface area contributed by atoms with Crippen LogP contribution in [0, 0.1) is 10.1 Å². The second kappa shape index (κ2) is 10.0. The molecule has 7 nitrogen and oxygen atoms in total. The fourth-order valence-electron chi connectivity index (χ4n) is 3.97. The van der Waals surface area contributed by atoms with E-state index in [0.717, 1.165) is 27.7 Å². The lowest BCUT2D eigenvalue weighted by molar-refractivity contribution is -0.384. The highest BCUT2D eigenvalue weighted by molar-refractivity contribution is 5.92. The van der Waals surface area contributed by atoms with Crippen LogP contribution >= 0.6 is 0 Å². The Kier molecular flexibility index (Phi) is 6.73. The number of anilines is 1. The average Bonchev–Trinajstić information content (AvgIpc) is 3.27. The Labute approximate surface area is 197 Å². The van der Waals surface area contributed by atoms with E-state index in [1.165, 1.54) is 18.2 Å². The Morgan fingerprint density at radius 1 is 1.09 bits per heavy atom. The molecule has 0 spiro atoms. The normalized spacial score (nSPS) is 12.1. The summed E-state index contributed by atoms with van der Waals surface area (Å²) in [4.78, 5) is 28.5. The van der Waals surface area contributed by atoms with Crippen LogP contribution in [0.15, 0.2) is 85.1 Å². The number of non-ortho nitro benzene ring substituents is 1. The number of carbonyl (C=O) groups excluding carboxylic acids is 1. The van der Waals surface area contributed by atoms with Crippen LogP contribution in [0.3, 0.4) is 0 Å². The monoisotopic (exact) mass is 454 g/mol. The zero-order valence-electron chi connectivity index (χ0n) is 19.1. The number of hydrogen-bond donors (Lipinski definition) is 2. The van der Waals surface area contributed by atoms with Gasteiger partial charge in [0.15, 0.2) is 0 Å². The van der Waals surface area contributed by atoms with Gasteiger partial charge < -0.3 is 15.2 Å². The van der Waals surface area contributed by atoms with Crippen molar-refractivity contribution in [2.45, 2.75) is 5.92 Å². The number of fused-ring (bicyclic) bond motifs is 1. The number of aromatic amines is 1. The van der Waals surface area contributed by atoms with Gasteiger partial charge in [-0.2, -0.15) is 0 Å². The average molecular weight is 455 g/mol. The molecule has 1 aromatic heterocycles. The first-order chi connectivity index (χ1) is 16.4. The Morgan fingerprint density at radius 3 is 2.59 bits per heavy atom. The maximum Gasteiger partial charge on any atom is 0.270 e. The van der Waals surface area contributed by atoms with Crippen LogP contribution in [0.2, 0.25) is 0 Å². The lowest BCUT2D eigenvalue weighted by Crippen LogP contribution is -2.27. The van der Waals surface area contributed by atoms with Gasteiger partial charge in [0.05, 0.1) is 4.92 Å². The quantitative estimate of drug-likeness (QED) is 0.220. The smallest absolute Gasteiger partial charge is 0.270 e. The van der Waals surface area contributed by atoms with Crippen molar-refractivity contribution in [2.75, 3.05) is 25.5 Å². The molecule has 4 aromatic rings. The van der Waals surface area contributed by atoms with Gasteiger partial charge in [0, 0.05) is 67.6 Å². The highest BCUT2D eigenvalue weighted by Gasteiger charge is 2.19. The number of amides is 1. The van der Waals surface area contributed by atoms with Gasteiger partial charge in [-0.1, -0.05) is 42.5 Å². The van der Waals surface area contributed by atoms with Crippen LogP contribution in [0.4, 0.5) is 11.4 Å². The van der Waals surface area contributed by atoms with Gasteiger partial charge in [0.1, 0.15) is 0 Å². The van der Waals surface area contributed by atoms with Crippen molar-refractivity contribution in [3.63, 3.8) is 0 Å². The zero-order chi connectivity index (χ0) is 24.1. The van der Waals surface area contributed by atoms with Gasteiger partial charge in [-0.15, -0.1) is 0 Å². The van der Waals surface area contributed by atoms with Crippen LogP contribution in [-0.2, 0) is 4.79 Å². The van der Waals surface area contributed by atoms with Crippen LogP contribution in [0.5, 0.6) is 0 Å². The van der Waals surface area contributed by atoms with E-state index in [1.807, 2.05) is 43.4 Å². The number of aromatic nitrogens is 1. The summed E-state index contributed by atoms with van der Waals surface area (Å²) in [6.07, 6.45) is 4.98. The molecule has 0 bridgehead atoms. The van der Waals surface area contributed by atoms with Crippen LogP contribution in [0.1, 0.15) is 22.6 Å². The lowest BCUT2D eigenvalue weighted by Gasteiger charge is -2.19. The number of nitro benzene ring substituents is 1. The van der Waals surface area contributed by atoms with Crippen molar-refractivity contribution in [3.8, 4) is 0 Å². The first kappa shape index (κ1) is 22.8. The number of nitrogens with zero attached hydrogens (tertiary/aromatic N) is 2. The molecular formula is C27H26N4O3. The van der Waals surface area contributed by atoms with E-state index in [2.05, 4.69) is 40.6 Å². The number of H-pyrrole nitrogens is 1. The maximum atomic E-state index is 12.6. The van der Waals surface area contributed by atoms with E-state index < -0.39 is 4.92 Å². The molecule has 172 valence electrons. The molecular weight excluding hydrogens is 428 g/mol. The van der Waals surface area contributed by atoms with Crippen LogP contribution in [-0.4, -0.2) is 36.5 Å². The van der Waals surface area contributed by atoms with E-state index in [0.29, 0.717) is 12.1 Å². The Hall–Kier alpha value is -4.39. The van der Waals surface area contributed by atoms with Crippen molar-refractivity contribution in [3.05, 3.63) is 112 Å². The highest BCUT2D eigenvalue weighted by Crippen LogP contribution is 2.31. The molecule has 0 radical (unpaired) electrons. The number of carbonyl (C=O) groups is 1. The fourth-order valence-corrected chi connectivity index (χ4v) is 3.97. The minimum absolute atomic E-state index is 0.0110. The number of benzene rings is 3. The third kappa shape index (κ3) is 5.15. The molecule has 0 fully saturated rings. The molecule has 1 unspecified atom stereocenters. The third-order valence-electron chi connectivity index (χ3n) is 5.80. The fraction of sp³-hybridized carbons (Fsp3) is 0.148. The number of nitrogens with one attached hydrogen (secondary N) is 2. The van der Waals surface area contributed by atoms with Crippen LogP contribution < -0.4 is 10.2 Å². The summed E-state index contributed by atoms with van der Waals surface area (Å²) in [6, 6.07) is 22.6. The van der Waals surface area contributed by atoms with Crippen molar-refractivity contribution in [1.29, 1.82) is 0 Å². The summed E-state index contributed by atoms with van der Waals surface area (Å²) in [5.41, 5.74) is 4.93. The SMILES string of the molecule is CN(C)c1ccc(C(CNC(=O)/C=C/c2cccc([N+](=O)[O-])c2)c2c[nH]c3ccccc23)cc1. The molecule has 1 heterocycles. The van der Waals surface area contributed by atoms with Crippen LogP contribution in [0.25, 0.3) is 17.0 Å². The van der Waals surface area contributed by atoms with E-state index in [1.54, 1.807) is 18.2 Å². The molecule has 3 aromatic carbocycles. The predicted octanol–water partition coefficient (Wildman–Crippen LogP) is 5.10. The molecule has 0 saturated heterocycles. The maximum absolute atomic E-state index is 12.6. The Bertz CT molecular complexity index is 1340. The van der Waals surface area contributed by atoms with Crippen molar-refractivity contribution in [2.24, 2.45) is 0 Å². The molecule has 0 aliphatic rings. The van der Waals surface area contributed by atoms with Crippen molar-refractivity contribution >= 4 is 34.3 Å². The number of hydrogen-bond acceptors (Lipinski definition) is 4. The molecule has 0 saturated carbocycles. The molecule has 34 heavy (non-hydrogen) atoms. The van der Waals surface area contributed by atoms with E-state index >= 15 is 0 Å². The van der Waals surface area contributed by atoms with E-state index in [-0.39, 0.29) is 17.5 Å². The minimum Gasteiger partial charge on any atom is -0.378 e. The molecule has 0 aliphatic carbocycles. The van der Waals surface area contributed by atoms with Crippen molar-refractivity contribution < 1.29 is 9.72 Å². The number of para-hydroxylation sites is 1. The number of rotatable bonds is 8. The summed E-state index contributed by atoms with van der Waals surface area (Å²) in [5.74, 6) is -0.316. The summed E-state index contributed by atoms with van der Waals surface area (Å²) in [5, 5.41) is 15.1. The number of nitro groups is 1. The van der Waals surface area contributed by atoms with Gasteiger partial charge in [-0.05, 0) is 41.0 Å². The molecule has 7 heteroatoms. The van der Waals surface area contributed by atoms with Crippen molar-refractivity contribution in [1.82, 2.24) is 10.3 Å². The minimum atomic E-state index is -0.454. The second-order valence-corrected chi connectivity index (χ2v) is 8.26. The topological polar surface area (TPSA) is 91.3 Å².